The van der Waals surface area contributed by atoms with Crippen molar-refractivity contribution < 1.29 is 0 Å². The van der Waals surface area contributed by atoms with Crippen LogP contribution in [0.4, 0.5) is 16.5 Å². The number of rotatable bonds is 3. The maximum Gasteiger partial charge on any atom is 0.228 e. The van der Waals surface area contributed by atoms with Crippen LogP contribution < -0.4 is 15.2 Å². The highest BCUT2D eigenvalue weighted by Gasteiger charge is 2.31. The van der Waals surface area contributed by atoms with Gasteiger partial charge in [0.15, 0.2) is 0 Å². The second-order valence-electron chi connectivity index (χ2n) is 5.46. The predicted molar refractivity (Wildman–Crippen MR) is 111 cm³/mol. The zero-order valence-electron chi connectivity index (χ0n) is 13.9. The van der Waals surface area contributed by atoms with Gasteiger partial charge in [0.2, 0.25) is 5.13 Å². The highest BCUT2D eigenvalue weighted by atomic mass is 79.9. The number of para-hydroxylation sites is 2. The zero-order chi connectivity index (χ0) is 16.5. The Balaban J connectivity index is 0.00000182. The van der Waals surface area contributed by atoms with Crippen molar-refractivity contribution in [3.63, 3.8) is 0 Å². The predicted octanol–water partition coefficient (Wildman–Crippen LogP) is 4.94. The molecule has 0 atom stereocenters. The van der Waals surface area contributed by atoms with Gasteiger partial charge in [-0.05, 0) is 38.1 Å². The number of hydrazine groups is 2. The molecule has 3 aromatic rings. The minimum atomic E-state index is 0. The summed E-state index contributed by atoms with van der Waals surface area (Å²) in [6.45, 7) is 4.12. The van der Waals surface area contributed by atoms with Gasteiger partial charge < -0.3 is 0 Å². The summed E-state index contributed by atoms with van der Waals surface area (Å²) in [5.74, 6) is 0. The van der Waals surface area contributed by atoms with Crippen molar-refractivity contribution in [1.82, 2.24) is 4.98 Å². The van der Waals surface area contributed by atoms with Gasteiger partial charge in [-0.1, -0.05) is 47.7 Å². The first-order chi connectivity index (χ1) is 11.7. The fraction of sp³-hybridized carbons (Fsp3) is 0.111. The number of anilines is 3. The highest BCUT2D eigenvalue weighted by molar-refractivity contribution is 8.93. The van der Waals surface area contributed by atoms with E-state index in [-0.39, 0.29) is 17.0 Å². The number of benzene rings is 2. The number of hydrogen-bond donors (Lipinski definition) is 0. The van der Waals surface area contributed by atoms with Gasteiger partial charge in [0, 0.05) is 4.88 Å². The molecule has 2 aromatic carbocycles. The van der Waals surface area contributed by atoms with Crippen molar-refractivity contribution in [3.05, 3.63) is 71.2 Å². The minimum absolute atomic E-state index is 0. The molecule has 0 aliphatic carbocycles. The third-order valence-electron chi connectivity index (χ3n) is 3.85. The number of nitrogens with zero attached hydrogens (tertiary/aromatic N) is 5. The Hall–Kier alpha value is -2.38. The second kappa shape index (κ2) is 7.25. The summed E-state index contributed by atoms with van der Waals surface area (Å²) in [5.41, 5.74) is 3.06. The fourth-order valence-electron chi connectivity index (χ4n) is 2.50. The number of aromatic nitrogens is 1. The van der Waals surface area contributed by atoms with Crippen LogP contribution in [0.3, 0.4) is 0 Å². The lowest BCUT2D eigenvalue weighted by Crippen LogP contribution is -2.46. The van der Waals surface area contributed by atoms with Crippen molar-refractivity contribution in [2.75, 3.05) is 15.2 Å². The Morgan fingerprint density at radius 3 is 2.00 bits per heavy atom. The molecule has 128 valence electrons. The molecule has 0 unspecified atom stereocenters. The van der Waals surface area contributed by atoms with Crippen LogP contribution in [0.1, 0.15) is 10.6 Å². The van der Waals surface area contributed by atoms with Gasteiger partial charge >= 0.3 is 0 Å². The van der Waals surface area contributed by atoms with E-state index >= 15 is 0 Å². The molecule has 2 heterocycles. The van der Waals surface area contributed by atoms with E-state index in [9.17, 15) is 0 Å². The summed E-state index contributed by atoms with van der Waals surface area (Å²) in [7, 11) is 0. The molecule has 4 rings (SSSR count). The molecule has 1 aliphatic heterocycles. The van der Waals surface area contributed by atoms with E-state index in [4.69, 9.17) is 4.98 Å². The van der Waals surface area contributed by atoms with E-state index in [1.165, 1.54) is 4.88 Å². The zero-order valence-corrected chi connectivity index (χ0v) is 16.4. The first-order valence-electron chi connectivity index (χ1n) is 7.71. The van der Waals surface area contributed by atoms with Crippen LogP contribution in [0, 0.1) is 13.8 Å². The molecule has 0 fully saturated rings. The quantitative estimate of drug-likeness (QED) is 0.606. The molecule has 0 radical (unpaired) electrons. The number of aryl methyl sites for hydroxylation is 2. The van der Waals surface area contributed by atoms with Crippen LogP contribution in [-0.4, -0.2) is 11.3 Å². The van der Waals surface area contributed by atoms with Crippen LogP contribution in [-0.2, 0) is 0 Å². The Morgan fingerprint density at radius 2 is 1.44 bits per heavy atom. The van der Waals surface area contributed by atoms with Crippen LogP contribution in [0.5, 0.6) is 0 Å². The van der Waals surface area contributed by atoms with Crippen LogP contribution in [0.25, 0.3) is 0 Å². The molecular formula is C18H18BrN5S. The molecule has 1 aliphatic rings. The molecule has 0 N–H and O–H groups in total. The Bertz CT molecular complexity index is 797. The lowest BCUT2D eigenvalue weighted by Gasteiger charge is -2.32. The summed E-state index contributed by atoms with van der Waals surface area (Å²) < 4.78 is 0. The van der Waals surface area contributed by atoms with Crippen molar-refractivity contribution in [2.45, 2.75) is 13.8 Å². The number of hydrogen-bond acceptors (Lipinski definition) is 6. The molecule has 25 heavy (non-hydrogen) atoms. The molecule has 0 saturated carbocycles. The molecule has 0 saturated heterocycles. The van der Waals surface area contributed by atoms with Crippen molar-refractivity contribution >= 4 is 51.2 Å². The van der Waals surface area contributed by atoms with E-state index in [0.29, 0.717) is 0 Å². The monoisotopic (exact) mass is 415 g/mol. The number of hydrazone groups is 1. The third kappa shape index (κ3) is 3.25. The van der Waals surface area contributed by atoms with Crippen LogP contribution >= 0.6 is 28.3 Å². The second-order valence-corrected chi connectivity index (χ2v) is 6.65. The van der Waals surface area contributed by atoms with Gasteiger partial charge in [0.05, 0.1) is 17.1 Å². The molecule has 0 spiro atoms. The van der Waals surface area contributed by atoms with E-state index < -0.39 is 0 Å². The minimum Gasteiger partial charge on any atom is -0.222 e. The largest absolute Gasteiger partial charge is 0.228 e. The van der Waals surface area contributed by atoms with Crippen molar-refractivity contribution in [2.24, 2.45) is 5.10 Å². The van der Waals surface area contributed by atoms with Crippen molar-refractivity contribution in [3.8, 4) is 0 Å². The number of thiazole rings is 1. The van der Waals surface area contributed by atoms with Gasteiger partial charge in [-0.25, -0.2) is 9.99 Å². The Kier molecular flexibility index (Phi) is 5.06. The maximum atomic E-state index is 4.72. The molecular weight excluding hydrogens is 398 g/mol. The van der Waals surface area contributed by atoms with E-state index in [1.807, 2.05) is 77.0 Å². The standard InChI is InChI=1S/C18H17N5S.BrH/c1-14-15(2)24-18(20-14)23-21(16-9-5-3-6-10-16)13-19-22(23)17-11-7-4-8-12-17;/h3-13H,1-2H3;1H. The summed E-state index contributed by atoms with van der Waals surface area (Å²) in [4.78, 5) is 5.93. The first-order valence-corrected chi connectivity index (χ1v) is 8.53. The van der Waals surface area contributed by atoms with E-state index in [1.54, 1.807) is 11.3 Å². The normalized spacial score (nSPS) is 13.3. The highest BCUT2D eigenvalue weighted by Crippen LogP contribution is 2.34. The summed E-state index contributed by atoms with van der Waals surface area (Å²) in [5, 5.41) is 11.3. The first kappa shape index (κ1) is 17.4. The lowest BCUT2D eigenvalue weighted by molar-refractivity contribution is 0.812. The van der Waals surface area contributed by atoms with E-state index in [0.717, 1.165) is 22.2 Å². The van der Waals surface area contributed by atoms with E-state index in [2.05, 4.69) is 24.2 Å². The lowest BCUT2D eigenvalue weighted by atomic mass is 10.3. The topological polar surface area (TPSA) is 35.0 Å². The fourth-order valence-corrected chi connectivity index (χ4v) is 3.39. The van der Waals surface area contributed by atoms with Crippen LogP contribution in [0.15, 0.2) is 65.8 Å². The molecule has 7 heteroatoms. The molecule has 0 amide bonds. The molecule has 5 nitrogen and oxygen atoms in total. The molecule has 0 bridgehead atoms. The summed E-state index contributed by atoms with van der Waals surface area (Å²) in [6.07, 6.45) is 1.81. The SMILES string of the molecule is Br.Cc1nc(N2N(c3ccccc3)C=NN2c2ccccc2)sc1C. The Labute approximate surface area is 161 Å². The smallest absolute Gasteiger partial charge is 0.222 e. The van der Waals surface area contributed by atoms with Gasteiger partial charge in [-0.2, -0.15) is 0 Å². The maximum absolute atomic E-state index is 4.72. The van der Waals surface area contributed by atoms with Gasteiger partial charge in [0.25, 0.3) is 0 Å². The van der Waals surface area contributed by atoms with Crippen LogP contribution in [0.2, 0.25) is 0 Å². The van der Waals surface area contributed by atoms with Crippen molar-refractivity contribution in [1.29, 1.82) is 0 Å². The summed E-state index contributed by atoms with van der Waals surface area (Å²) >= 11 is 1.66. The molecule has 1 aromatic heterocycles. The average Bonchev–Trinajstić information content (AvgIpc) is 3.20. The third-order valence-corrected chi connectivity index (χ3v) is 4.89. The van der Waals surface area contributed by atoms with Gasteiger partial charge in [-0.3, -0.25) is 0 Å². The number of halogens is 1. The van der Waals surface area contributed by atoms with Gasteiger partial charge in [0.1, 0.15) is 6.34 Å². The summed E-state index contributed by atoms with van der Waals surface area (Å²) in [6, 6.07) is 20.2. The average molecular weight is 416 g/mol. The Morgan fingerprint density at radius 1 is 0.840 bits per heavy atom. The van der Waals surface area contributed by atoms with Gasteiger partial charge in [-0.15, -0.1) is 32.3 Å².